The number of aryl methyl sites for hydroxylation is 1. The summed E-state index contributed by atoms with van der Waals surface area (Å²) in [5, 5.41) is 8.51. The summed E-state index contributed by atoms with van der Waals surface area (Å²) in [6.07, 6.45) is -3.32. The lowest BCUT2D eigenvalue weighted by Gasteiger charge is -2.08. The van der Waals surface area contributed by atoms with Crippen molar-refractivity contribution < 1.29 is 18.0 Å². The maximum absolute atomic E-state index is 13.5. The van der Waals surface area contributed by atoms with E-state index in [-0.39, 0.29) is 5.56 Å². The molecule has 0 N–H and O–H groups in total. The smallest absolute Gasteiger partial charge is 0.391 e. The largest absolute Gasteiger partial charge is 0.435 e. The summed E-state index contributed by atoms with van der Waals surface area (Å²) in [5.41, 5.74) is -0.589. The van der Waals surface area contributed by atoms with E-state index in [2.05, 4.69) is 26.2 Å². The van der Waals surface area contributed by atoms with Gasteiger partial charge in [-0.3, -0.25) is 4.68 Å². The van der Waals surface area contributed by atoms with Gasteiger partial charge in [-0.25, -0.2) is 0 Å². The summed E-state index contributed by atoms with van der Waals surface area (Å²) in [7, 11) is 1.46. The number of benzene rings is 2. The number of alkyl halides is 3. The maximum atomic E-state index is 13.5. The van der Waals surface area contributed by atoms with Crippen LogP contribution in [0.15, 0.2) is 62.0 Å². The van der Waals surface area contributed by atoms with Crippen LogP contribution in [-0.2, 0) is 24.7 Å². The predicted molar refractivity (Wildman–Crippen MR) is 115 cm³/mol. The Kier molecular flexibility index (Phi) is 7.38. The van der Waals surface area contributed by atoms with Gasteiger partial charge in [0, 0.05) is 27.0 Å². The fourth-order valence-corrected chi connectivity index (χ4v) is 4.12. The second-order valence-corrected chi connectivity index (χ2v) is 8.80. The minimum Gasteiger partial charge on any atom is -0.391 e. The molecule has 0 amide bonds. The first-order valence-electron chi connectivity index (χ1n) is 8.32. The van der Waals surface area contributed by atoms with E-state index < -0.39 is 18.5 Å². The molecule has 1 aromatic heterocycles. The molecule has 30 heavy (non-hydrogen) atoms. The normalized spacial score (nSPS) is 12.0. The monoisotopic (exact) mass is 537 g/mol. The highest BCUT2D eigenvalue weighted by molar-refractivity contribution is 9.10. The first-order valence-corrected chi connectivity index (χ1v) is 10.7. The summed E-state index contributed by atoms with van der Waals surface area (Å²) in [5.74, 6) is 0. The zero-order chi connectivity index (χ0) is 21.9. The standard InChI is InChI=1S/C19H13BrCl2F3N3OS/c1-28-18(30-14-6-3-12(20)4-7-14)15(17(27-28)19(23,24)25)10-29-26-9-11-2-5-13(21)8-16(11)22/h2-9H,10H2,1H3/b26-9+. The van der Waals surface area contributed by atoms with Gasteiger partial charge in [0.05, 0.1) is 16.8 Å². The van der Waals surface area contributed by atoms with E-state index in [4.69, 9.17) is 28.0 Å². The zero-order valence-corrected chi connectivity index (χ0v) is 19.2. The molecule has 0 saturated heterocycles. The van der Waals surface area contributed by atoms with Crippen molar-refractivity contribution in [2.75, 3.05) is 0 Å². The summed E-state index contributed by atoms with van der Waals surface area (Å²) in [4.78, 5) is 5.92. The first kappa shape index (κ1) is 23.0. The molecule has 3 aromatic rings. The highest BCUT2D eigenvalue weighted by Crippen LogP contribution is 2.39. The average Bonchev–Trinajstić information content (AvgIpc) is 2.98. The number of hydrogen-bond acceptors (Lipinski definition) is 4. The Bertz CT molecular complexity index is 1070. The van der Waals surface area contributed by atoms with Gasteiger partial charge in [-0.2, -0.15) is 18.3 Å². The third-order valence-electron chi connectivity index (χ3n) is 3.82. The van der Waals surface area contributed by atoms with Gasteiger partial charge in [0.2, 0.25) is 0 Å². The molecule has 0 aliphatic heterocycles. The number of hydrogen-bond donors (Lipinski definition) is 0. The van der Waals surface area contributed by atoms with Crippen molar-refractivity contribution in [2.45, 2.75) is 22.7 Å². The number of aromatic nitrogens is 2. The molecule has 2 aromatic carbocycles. The number of halogens is 6. The molecule has 4 nitrogen and oxygen atoms in total. The van der Waals surface area contributed by atoms with Crippen LogP contribution in [0.1, 0.15) is 16.8 Å². The van der Waals surface area contributed by atoms with E-state index >= 15 is 0 Å². The van der Waals surface area contributed by atoms with Crippen molar-refractivity contribution >= 4 is 57.1 Å². The second kappa shape index (κ2) is 9.64. The number of oxime groups is 1. The quantitative estimate of drug-likeness (QED) is 0.246. The lowest BCUT2D eigenvalue weighted by molar-refractivity contribution is -0.142. The first-order chi connectivity index (χ1) is 14.1. The molecule has 0 atom stereocenters. The van der Waals surface area contributed by atoms with Crippen molar-refractivity contribution in [2.24, 2.45) is 12.2 Å². The van der Waals surface area contributed by atoms with Crippen LogP contribution in [0.5, 0.6) is 0 Å². The van der Waals surface area contributed by atoms with Crippen LogP contribution in [0, 0.1) is 0 Å². The number of rotatable bonds is 6. The minimum absolute atomic E-state index is 0.0997. The van der Waals surface area contributed by atoms with Gasteiger partial charge < -0.3 is 4.84 Å². The van der Waals surface area contributed by atoms with Gasteiger partial charge in [0.25, 0.3) is 0 Å². The number of nitrogens with zero attached hydrogens (tertiary/aromatic N) is 3. The fraction of sp³-hybridized carbons (Fsp3) is 0.158. The highest BCUT2D eigenvalue weighted by Gasteiger charge is 2.39. The second-order valence-electron chi connectivity index (χ2n) is 5.98. The predicted octanol–water partition coefficient (Wildman–Crippen LogP) is 7.21. The van der Waals surface area contributed by atoms with Gasteiger partial charge in [-0.15, -0.1) is 0 Å². The van der Waals surface area contributed by atoms with Crippen LogP contribution >= 0.6 is 50.9 Å². The van der Waals surface area contributed by atoms with Crippen LogP contribution < -0.4 is 0 Å². The molecule has 3 rings (SSSR count). The molecule has 1 heterocycles. The average molecular weight is 539 g/mol. The van der Waals surface area contributed by atoms with Gasteiger partial charge in [-0.1, -0.05) is 62.1 Å². The molecule has 0 aliphatic carbocycles. The third-order valence-corrected chi connectivity index (χ3v) is 6.13. The summed E-state index contributed by atoms with van der Waals surface area (Å²) in [6, 6.07) is 12.0. The van der Waals surface area contributed by atoms with E-state index in [1.54, 1.807) is 36.4 Å². The lowest BCUT2D eigenvalue weighted by atomic mass is 10.2. The molecule has 0 spiro atoms. The van der Waals surface area contributed by atoms with Gasteiger partial charge >= 0.3 is 6.18 Å². The minimum atomic E-state index is -4.63. The summed E-state index contributed by atoms with van der Waals surface area (Å²) < 4.78 is 42.5. The van der Waals surface area contributed by atoms with Crippen LogP contribution in [0.2, 0.25) is 10.0 Å². The van der Waals surface area contributed by atoms with Crippen LogP contribution in [-0.4, -0.2) is 16.0 Å². The van der Waals surface area contributed by atoms with Crippen molar-refractivity contribution in [3.8, 4) is 0 Å². The van der Waals surface area contributed by atoms with E-state index in [9.17, 15) is 13.2 Å². The molecule has 11 heteroatoms. The van der Waals surface area contributed by atoms with Crippen LogP contribution in [0.4, 0.5) is 13.2 Å². The Balaban J connectivity index is 1.84. The SMILES string of the molecule is Cn1nc(C(F)(F)F)c(CO/N=C/c2ccc(Cl)cc2Cl)c1Sc1ccc(Br)cc1. The van der Waals surface area contributed by atoms with Crippen molar-refractivity contribution in [3.05, 3.63) is 73.8 Å². The highest BCUT2D eigenvalue weighted by atomic mass is 79.9. The molecule has 0 bridgehead atoms. The van der Waals surface area contributed by atoms with Gasteiger partial charge in [0.15, 0.2) is 5.69 Å². The molecule has 0 unspecified atom stereocenters. The van der Waals surface area contributed by atoms with E-state index in [0.717, 1.165) is 21.1 Å². The Hall–Kier alpha value is -1.68. The van der Waals surface area contributed by atoms with E-state index in [1.807, 2.05) is 0 Å². The molecule has 0 saturated carbocycles. The van der Waals surface area contributed by atoms with E-state index in [0.29, 0.717) is 20.6 Å². The zero-order valence-electron chi connectivity index (χ0n) is 15.3. The van der Waals surface area contributed by atoms with Gasteiger partial charge in [-0.05, 0) is 36.4 Å². The van der Waals surface area contributed by atoms with Crippen molar-refractivity contribution in [1.82, 2.24) is 9.78 Å². The topological polar surface area (TPSA) is 39.4 Å². The molecule has 0 fully saturated rings. The van der Waals surface area contributed by atoms with Crippen LogP contribution in [0.3, 0.4) is 0 Å². The third kappa shape index (κ3) is 5.72. The Morgan fingerprint density at radius 2 is 1.90 bits per heavy atom. The Morgan fingerprint density at radius 3 is 2.53 bits per heavy atom. The van der Waals surface area contributed by atoms with Crippen LogP contribution in [0.25, 0.3) is 0 Å². The van der Waals surface area contributed by atoms with Gasteiger partial charge in [0.1, 0.15) is 11.6 Å². The van der Waals surface area contributed by atoms with Crippen molar-refractivity contribution in [1.29, 1.82) is 0 Å². The Labute approximate surface area is 193 Å². The molecular weight excluding hydrogens is 526 g/mol. The molecule has 0 radical (unpaired) electrons. The van der Waals surface area contributed by atoms with E-state index in [1.165, 1.54) is 24.0 Å². The molecule has 158 valence electrons. The molecular formula is C19H13BrCl2F3N3OS. The summed E-state index contributed by atoms with van der Waals surface area (Å²) >= 11 is 16.4. The lowest BCUT2D eigenvalue weighted by Crippen LogP contribution is -2.10. The Morgan fingerprint density at radius 1 is 1.20 bits per heavy atom. The summed E-state index contributed by atoms with van der Waals surface area (Å²) in [6.45, 7) is -0.413. The molecule has 0 aliphatic rings. The fourth-order valence-electron chi connectivity index (χ4n) is 2.45. The maximum Gasteiger partial charge on any atom is 0.435 e. The van der Waals surface area contributed by atoms with Crippen molar-refractivity contribution in [3.63, 3.8) is 0 Å².